The number of nitrogens with zero attached hydrogens (tertiary/aromatic N) is 1. The van der Waals surface area contributed by atoms with Gasteiger partial charge in [-0.2, -0.15) is 25.2 Å². The van der Waals surface area contributed by atoms with Crippen molar-refractivity contribution < 1.29 is 42.1 Å². The van der Waals surface area contributed by atoms with Crippen molar-refractivity contribution in [1.29, 1.82) is 0 Å². The summed E-state index contributed by atoms with van der Waals surface area (Å²) in [5, 5.41) is 1.35. The normalized spacial score (nSPS) is 13.3. The van der Waals surface area contributed by atoms with Gasteiger partial charge >= 0.3 is 15.6 Å². The zero-order valence-electron chi connectivity index (χ0n) is 28.2. The Hall–Kier alpha value is -4.93. The quantitative estimate of drug-likeness (QED) is 0.126. The molecule has 0 amide bonds. The van der Waals surface area contributed by atoms with Gasteiger partial charge in [0, 0.05) is 43.0 Å². The largest absolute Gasteiger partial charge is 0.524 e. The SMILES string of the molecule is CCn1c2ccccc2c2cc(S(OS(=O)(=O)C(F)(F)F)(c3ccc(S(=O)(=O)c4ccccc4)cc3)c3ccc(S(=O)(=O)c4ccccc4)cc3)ccc21. The first-order valence-electron chi connectivity index (χ1n) is 16.3. The van der Waals surface area contributed by atoms with Crippen molar-refractivity contribution in [2.75, 3.05) is 0 Å². The summed E-state index contributed by atoms with van der Waals surface area (Å²) in [6.07, 6.45) is 0. The molecule has 0 aliphatic carbocycles. The number of sulfone groups is 2. The molecule has 0 bridgehead atoms. The number of aryl methyl sites for hydroxylation is 1. The van der Waals surface area contributed by atoms with Crippen LogP contribution in [0.2, 0.25) is 0 Å². The molecule has 8 nitrogen and oxygen atoms in total. The molecule has 1 aromatic heterocycles. The average Bonchev–Trinajstić information content (AvgIpc) is 3.50. The van der Waals surface area contributed by atoms with Crippen LogP contribution in [0.1, 0.15) is 6.92 Å². The van der Waals surface area contributed by atoms with E-state index in [1.54, 1.807) is 54.6 Å². The van der Waals surface area contributed by atoms with Gasteiger partial charge in [-0.15, -0.1) is 0 Å². The molecule has 7 rings (SSSR count). The maximum absolute atomic E-state index is 14.4. The highest BCUT2D eigenvalue weighted by Crippen LogP contribution is 2.71. The zero-order valence-corrected chi connectivity index (χ0v) is 31.5. The predicted molar refractivity (Wildman–Crippen MR) is 200 cm³/mol. The first-order chi connectivity index (χ1) is 25.6. The van der Waals surface area contributed by atoms with Crippen molar-refractivity contribution in [3.63, 3.8) is 0 Å². The monoisotopic (exact) mass is 809 g/mol. The third-order valence-corrected chi connectivity index (χ3v) is 17.4. The summed E-state index contributed by atoms with van der Waals surface area (Å²) in [6.45, 7) is 2.49. The molecule has 0 saturated heterocycles. The Kier molecular flexibility index (Phi) is 9.51. The summed E-state index contributed by atoms with van der Waals surface area (Å²) in [4.78, 5) is -0.621. The zero-order chi connectivity index (χ0) is 38.5. The molecular formula is C39H30F3NO7S4. The van der Waals surface area contributed by atoms with Gasteiger partial charge in [0.2, 0.25) is 19.7 Å². The number of aromatic nitrogens is 1. The fourth-order valence-electron chi connectivity index (χ4n) is 6.34. The highest BCUT2D eigenvalue weighted by atomic mass is 32.3. The molecule has 0 unspecified atom stereocenters. The van der Waals surface area contributed by atoms with Gasteiger partial charge in [-0.05, 0) is 114 Å². The maximum atomic E-state index is 14.4. The Morgan fingerprint density at radius 1 is 0.481 bits per heavy atom. The van der Waals surface area contributed by atoms with Crippen LogP contribution in [-0.2, 0) is 40.0 Å². The summed E-state index contributed by atoms with van der Waals surface area (Å²) in [6, 6.07) is 36.8. The third kappa shape index (κ3) is 6.29. The minimum Gasteiger partial charge on any atom is -0.341 e. The lowest BCUT2D eigenvalue weighted by molar-refractivity contribution is -0.0496. The Morgan fingerprint density at radius 2 is 0.870 bits per heavy atom. The van der Waals surface area contributed by atoms with Crippen molar-refractivity contribution in [2.24, 2.45) is 0 Å². The number of benzene rings is 6. The molecule has 0 N–H and O–H groups in total. The van der Waals surface area contributed by atoms with Gasteiger partial charge in [0.05, 0.1) is 19.6 Å². The van der Waals surface area contributed by atoms with E-state index in [0.717, 1.165) is 16.4 Å². The minimum atomic E-state index is -6.36. The molecule has 0 saturated carbocycles. The lowest BCUT2D eigenvalue weighted by Gasteiger charge is -2.39. The lowest BCUT2D eigenvalue weighted by Crippen LogP contribution is -2.27. The average molecular weight is 810 g/mol. The molecule has 0 atom stereocenters. The fourth-order valence-corrected chi connectivity index (χ4v) is 13.6. The van der Waals surface area contributed by atoms with Gasteiger partial charge in [-0.1, -0.05) is 54.6 Å². The van der Waals surface area contributed by atoms with Crippen molar-refractivity contribution in [2.45, 2.75) is 53.2 Å². The van der Waals surface area contributed by atoms with E-state index in [4.69, 9.17) is 3.63 Å². The molecule has 54 heavy (non-hydrogen) atoms. The summed E-state index contributed by atoms with van der Waals surface area (Å²) in [5.41, 5.74) is -4.30. The first-order valence-corrected chi connectivity index (χ1v) is 22.2. The molecule has 6 aromatic carbocycles. The second-order valence-corrected chi connectivity index (χ2v) is 20.4. The number of fused-ring (bicyclic) bond motifs is 3. The molecule has 0 radical (unpaired) electrons. The van der Waals surface area contributed by atoms with E-state index < -0.39 is 45.6 Å². The third-order valence-electron chi connectivity index (χ3n) is 8.91. The van der Waals surface area contributed by atoms with Crippen LogP contribution in [0.25, 0.3) is 21.8 Å². The number of hydrogen-bond acceptors (Lipinski definition) is 7. The number of rotatable bonds is 10. The topological polar surface area (TPSA) is 117 Å². The smallest absolute Gasteiger partial charge is 0.341 e. The Labute approximate surface area is 312 Å². The fraction of sp³-hybridized carbons (Fsp3) is 0.0769. The Morgan fingerprint density at radius 3 is 1.33 bits per heavy atom. The standard InChI is InChI=1S/C39H30F3NO7S4/c1-2-43-37-16-10-9-15-35(37)36-27-34(25-26-38(36)43)51(50-54(48,49)39(40,41)42,28-17-21-32(22-18-28)52(44,45)30-11-5-3-6-12-30)29-19-23-33(24-20-29)53(46,47)31-13-7-4-8-14-31/h3-27H,2H2,1H3. The Bertz CT molecular complexity index is 2730. The van der Waals surface area contributed by atoms with Gasteiger partial charge in [0.25, 0.3) is 0 Å². The molecule has 0 fully saturated rings. The van der Waals surface area contributed by atoms with E-state index in [1.165, 1.54) is 78.9 Å². The molecule has 278 valence electrons. The summed E-state index contributed by atoms with van der Waals surface area (Å²) >= 11 is 0. The van der Waals surface area contributed by atoms with Gasteiger partial charge < -0.3 is 4.57 Å². The molecule has 1 heterocycles. The van der Waals surface area contributed by atoms with E-state index in [-0.39, 0.29) is 34.3 Å². The summed E-state index contributed by atoms with van der Waals surface area (Å²) in [5.74, 6) is 0. The van der Waals surface area contributed by atoms with E-state index in [1.807, 2.05) is 29.7 Å². The Balaban J connectivity index is 1.53. The van der Waals surface area contributed by atoms with Crippen LogP contribution in [0.5, 0.6) is 0 Å². The molecule has 15 heteroatoms. The molecular weight excluding hydrogens is 780 g/mol. The van der Waals surface area contributed by atoms with Crippen LogP contribution in [0.4, 0.5) is 13.2 Å². The van der Waals surface area contributed by atoms with Crippen LogP contribution in [0, 0.1) is 0 Å². The van der Waals surface area contributed by atoms with Crippen molar-refractivity contribution in [3.05, 3.63) is 152 Å². The summed E-state index contributed by atoms with van der Waals surface area (Å²) in [7, 11) is -18.5. The van der Waals surface area contributed by atoms with E-state index >= 15 is 0 Å². The maximum Gasteiger partial charge on any atom is 0.524 e. The number of alkyl halides is 3. The van der Waals surface area contributed by atoms with Gasteiger partial charge in [0.15, 0.2) is 0 Å². The van der Waals surface area contributed by atoms with Crippen molar-refractivity contribution in [1.82, 2.24) is 4.57 Å². The number of halogens is 3. The van der Waals surface area contributed by atoms with Crippen LogP contribution < -0.4 is 0 Å². The van der Waals surface area contributed by atoms with Crippen LogP contribution in [0.15, 0.2) is 186 Å². The van der Waals surface area contributed by atoms with Crippen LogP contribution in [0.3, 0.4) is 0 Å². The van der Waals surface area contributed by atoms with E-state index in [9.17, 15) is 38.4 Å². The van der Waals surface area contributed by atoms with E-state index in [2.05, 4.69) is 0 Å². The van der Waals surface area contributed by atoms with Gasteiger partial charge in [-0.25, -0.2) is 16.8 Å². The summed E-state index contributed by atoms with van der Waals surface area (Å²) < 4.78 is 131. The second-order valence-electron chi connectivity index (χ2n) is 12.0. The molecule has 0 aliphatic heterocycles. The van der Waals surface area contributed by atoms with Crippen LogP contribution >= 0.6 is 10.3 Å². The van der Waals surface area contributed by atoms with Crippen molar-refractivity contribution >= 4 is 61.9 Å². The molecule has 7 aromatic rings. The van der Waals surface area contributed by atoms with Crippen molar-refractivity contribution in [3.8, 4) is 0 Å². The first kappa shape index (κ1) is 37.4. The van der Waals surface area contributed by atoms with E-state index in [0.29, 0.717) is 11.9 Å². The predicted octanol–water partition coefficient (Wildman–Crippen LogP) is 9.54. The van der Waals surface area contributed by atoms with Gasteiger partial charge in [0.1, 0.15) is 0 Å². The molecule has 0 spiro atoms. The lowest BCUT2D eigenvalue weighted by atomic mass is 10.1. The highest BCUT2D eigenvalue weighted by Gasteiger charge is 2.52. The number of hydrogen-bond donors (Lipinski definition) is 0. The highest BCUT2D eigenvalue weighted by molar-refractivity contribution is 8.33. The second kappa shape index (κ2) is 13.7. The molecule has 0 aliphatic rings. The van der Waals surface area contributed by atoms with Crippen LogP contribution in [-0.4, -0.2) is 35.3 Å². The number of para-hydroxylation sites is 1. The minimum absolute atomic E-state index is 0.0270. The van der Waals surface area contributed by atoms with Gasteiger partial charge in [-0.3, -0.25) is 0 Å².